The van der Waals surface area contributed by atoms with Crippen LogP contribution in [0.25, 0.3) is 5.69 Å². The van der Waals surface area contributed by atoms with E-state index in [9.17, 15) is 43.9 Å². The van der Waals surface area contributed by atoms with E-state index in [0.29, 0.717) is 5.16 Å². The van der Waals surface area contributed by atoms with Crippen molar-refractivity contribution in [2.45, 2.75) is 5.16 Å². The minimum Gasteiger partial charge on any atom is -0.738 e. The van der Waals surface area contributed by atoms with Crippen molar-refractivity contribution in [3.8, 4) is 5.69 Å². The number of para-hydroxylation sites is 1. The fraction of sp³-hybridized carbons (Fsp3) is 0. The molecular formula is C19H5F10N4SSb-. The smallest absolute Gasteiger partial charge is 0.270 e. The molecule has 2 aliphatic rings. The van der Waals surface area contributed by atoms with E-state index in [1.807, 2.05) is 30.3 Å². The Labute approximate surface area is 212 Å². The van der Waals surface area contributed by atoms with Crippen LogP contribution in [0, 0.1) is 12.3 Å². The number of hydrogen-bond acceptors (Lipinski definition) is 4. The van der Waals surface area contributed by atoms with Gasteiger partial charge in [-0.2, -0.15) is 26.3 Å². The molecule has 0 fully saturated rings. The molecule has 0 aliphatic heterocycles. The van der Waals surface area contributed by atoms with Gasteiger partial charge in [0.2, 0.25) is 23.3 Å². The Hall–Kier alpha value is -2.85. The van der Waals surface area contributed by atoms with Crippen molar-refractivity contribution in [2.24, 2.45) is 0 Å². The number of halogens is 10. The molecule has 4 nitrogen and oxygen atoms in total. The first kappa shape index (κ1) is 30.2. The average Bonchev–Trinajstić information content (AvgIpc) is 3.26. The maximum Gasteiger partial charge on any atom is 0.270 e. The molecule has 1 aromatic heterocycles. The zero-order chi connectivity index (χ0) is 25.6. The normalized spacial score (nSPS) is 16.1. The van der Waals surface area contributed by atoms with E-state index in [1.54, 1.807) is 0 Å². The van der Waals surface area contributed by atoms with Gasteiger partial charge in [0.25, 0.3) is 12.3 Å². The van der Waals surface area contributed by atoms with Crippen molar-refractivity contribution in [1.29, 1.82) is 0 Å². The molecule has 0 unspecified atom stereocenters. The summed E-state index contributed by atoms with van der Waals surface area (Å²) in [5, 5.41) is 11.2. The summed E-state index contributed by atoms with van der Waals surface area (Å²) in [5.74, 6) is -16.0. The zero-order valence-corrected chi connectivity index (χ0v) is 19.7. The van der Waals surface area contributed by atoms with Crippen LogP contribution >= 0.6 is 0 Å². The van der Waals surface area contributed by atoms with Crippen LogP contribution in [0.2, 0.25) is 0 Å². The van der Waals surface area contributed by atoms with Crippen LogP contribution < -0.4 is 0 Å². The number of hydrogen-bond donors (Lipinski definition) is 0. The van der Waals surface area contributed by atoms with E-state index >= 15 is 0 Å². The van der Waals surface area contributed by atoms with Crippen LogP contribution in [-0.4, -0.2) is 44.6 Å². The first-order chi connectivity index (χ1) is 16.0. The Kier molecular flexibility index (Phi) is 11.5. The average molecular weight is 633 g/mol. The van der Waals surface area contributed by atoms with E-state index in [4.69, 9.17) is 12.6 Å². The molecule has 0 saturated heterocycles. The Bertz CT molecular complexity index is 1200. The fourth-order valence-electron chi connectivity index (χ4n) is 1.90. The molecule has 1 aromatic carbocycles. The summed E-state index contributed by atoms with van der Waals surface area (Å²) in [6.45, 7) is 0. The molecule has 0 atom stereocenters. The molecule has 1 heterocycles. The van der Waals surface area contributed by atoms with Crippen LogP contribution in [0.15, 0.2) is 93.6 Å². The van der Waals surface area contributed by atoms with Gasteiger partial charge in [0.15, 0.2) is 23.3 Å². The number of benzene rings is 1. The van der Waals surface area contributed by atoms with Crippen LogP contribution in [-0.2, 0) is 12.6 Å². The molecule has 16 heteroatoms. The quantitative estimate of drug-likeness (QED) is 0.165. The maximum absolute atomic E-state index is 12.0. The topological polar surface area (TPSA) is 43.6 Å². The van der Waals surface area contributed by atoms with Crippen molar-refractivity contribution < 1.29 is 43.9 Å². The summed E-state index contributed by atoms with van der Waals surface area (Å²) in [7, 11) is 0. The van der Waals surface area contributed by atoms with E-state index in [2.05, 4.69) is 15.5 Å². The summed E-state index contributed by atoms with van der Waals surface area (Å²) in [6, 6.07) is 9.53. The Morgan fingerprint density at radius 2 is 1.06 bits per heavy atom. The molecule has 2 aromatic rings. The standard InChI is InChI=1S/C7H6N4S.2C6F5.Sb/c12-7-8-9-10-11(7)6-4-2-1-3-5-6;2*7-2-1-3(8)5(10)6(11)4(2)9;/h1-5H,(H,8,10,12);;;/p-1. The van der Waals surface area contributed by atoms with Gasteiger partial charge in [-0.3, -0.25) is 0 Å². The van der Waals surface area contributed by atoms with E-state index < -0.39 is 59.0 Å². The Morgan fingerprint density at radius 1 is 0.629 bits per heavy atom. The van der Waals surface area contributed by atoms with Crippen LogP contribution in [0.1, 0.15) is 0 Å². The van der Waals surface area contributed by atoms with Crippen LogP contribution in [0.3, 0.4) is 0 Å². The van der Waals surface area contributed by atoms with Crippen LogP contribution in [0.4, 0.5) is 43.9 Å². The third kappa shape index (κ3) is 7.56. The van der Waals surface area contributed by atoms with Gasteiger partial charge in [0.05, 0.1) is 5.69 Å². The van der Waals surface area contributed by atoms with Gasteiger partial charge in [-0.1, -0.05) is 18.2 Å². The number of nitrogens with zero attached hydrogens (tertiary/aromatic N) is 4. The van der Waals surface area contributed by atoms with E-state index in [1.165, 1.54) is 4.68 Å². The summed E-state index contributed by atoms with van der Waals surface area (Å²) in [6.07, 6.45) is -4.13. The van der Waals surface area contributed by atoms with Crippen molar-refractivity contribution >= 4 is 37.1 Å². The minimum absolute atomic E-state index is 0. The van der Waals surface area contributed by atoms with Gasteiger partial charge in [-0.05, 0) is 34.0 Å². The second-order valence-corrected chi connectivity index (χ2v) is 5.96. The summed E-state index contributed by atoms with van der Waals surface area (Å²) in [5.41, 5.74) is 2.93. The Balaban J connectivity index is 0.000000259. The molecule has 0 saturated carbocycles. The number of rotatable bonds is 1. The predicted molar refractivity (Wildman–Crippen MR) is 103 cm³/mol. The third-order valence-electron chi connectivity index (χ3n) is 3.42. The molecule has 0 spiro atoms. The second-order valence-electron chi connectivity index (χ2n) is 5.60. The predicted octanol–water partition coefficient (Wildman–Crippen LogP) is 6.10. The molecule has 5 radical (unpaired) electrons. The SMILES string of the molecule is F[C]1C(F)=C=C(F)C(F)=C1F.F[C]1C(F)=C=C(F)C(F)=C1F.[S-]c1nnnn1-c1ccccc1.[Sb]. The molecule has 0 amide bonds. The minimum atomic E-state index is -2.17. The van der Waals surface area contributed by atoms with Crippen LogP contribution in [0.5, 0.6) is 0 Å². The number of tetrazole rings is 1. The fourth-order valence-corrected chi connectivity index (χ4v) is 2.08. The number of aromatic nitrogens is 4. The Morgan fingerprint density at radius 3 is 1.43 bits per heavy atom. The number of allylic oxidation sites excluding steroid dienone is 6. The van der Waals surface area contributed by atoms with Gasteiger partial charge >= 0.3 is 0 Å². The monoisotopic (exact) mass is 632 g/mol. The zero-order valence-electron chi connectivity index (χ0n) is 16.3. The first-order valence-corrected chi connectivity index (χ1v) is 8.68. The molecule has 2 aliphatic carbocycles. The first-order valence-electron chi connectivity index (χ1n) is 8.28. The van der Waals surface area contributed by atoms with Gasteiger partial charge in [-0.25, -0.2) is 22.2 Å². The second kappa shape index (κ2) is 13.3. The summed E-state index contributed by atoms with van der Waals surface area (Å²) in [4.78, 5) is 0. The summed E-state index contributed by atoms with van der Waals surface area (Å²) < 4.78 is 121. The molecule has 183 valence electrons. The van der Waals surface area contributed by atoms with Gasteiger partial charge in [0.1, 0.15) is 0 Å². The third-order valence-corrected chi connectivity index (χ3v) is 3.68. The molecule has 0 N–H and O–H groups in total. The van der Waals surface area contributed by atoms with Gasteiger partial charge in [-0.15, -0.1) is 5.10 Å². The molecule has 4 rings (SSSR count). The molecular weight excluding hydrogens is 628 g/mol. The van der Waals surface area contributed by atoms with Crippen molar-refractivity contribution in [3.63, 3.8) is 0 Å². The van der Waals surface area contributed by atoms with Crippen molar-refractivity contribution in [2.75, 3.05) is 0 Å². The van der Waals surface area contributed by atoms with E-state index in [-0.39, 0.29) is 24.4 Å². The maximum atomic E-state index is 12.0. The van der Waals surface area contributed by atoms with Crippen molar-refractivity contribution in [3.05, 3.63) is 101 Å². The van der Waals surface area contributed by atoms with Crippen molar-refractivity contribution in [1.82, 2.24) is 20.2 Å². The van der Waals surface area contributed by atoms with Gasteiger partial charge < -0.3 is 12.6 Å². The largest absolute Gasteiger partial charge is 0.738 e. The van der Waals surface area contributed by atoms with Gasteiger partial charge in [0, 0.05) is 29.6 Å². The van der Waals surface area contributed by atoms with E-state index in [0.717, 1.165) is 17.1 Å². The molecule has 0 bridgehead atoms. The molecule has 35 heavy (non-hydrogen) atoms. The summed E-state index contributed by atoms with van der Waals surface area (Å²) >= 11 is 4.89.